The zero-order chi connectivity index (χ0) is 12.4. The Balaban J connectivity index is 1.49. The molecule has 18 heavy (non-hydrogen) atoms. The first kappa shape index (κ1) is 12.5. The van der Waals surface area contributed by atoms with Crippen LogP contribution in [0.4, 0.5) is 0 Å². The summed E-state index contributed by atoms with van der Waals surface area (Å²) in [5.41, 5.74) is 0. The lowest BCUT2D eigenvalue weighted by Gasteiger charge is -2.21. The van der Waals surface area contributed by atoms with E-state index in [0.717, 1.165) is 10.9 Å². The Hall–Kier alpha value is -0.550. The quantitative estimate of drug-likeness (QED) is 0.771. The molecule has 98 valence electrons. The van der Waals surface area contributed by atoms with Crippen LogP contribution >= 0.6 is 23.1 Å². The Morgan fingerprint density at radius 1 is 1.44 bits per heavy atom. The standard InChI is InChI=1S/C13H18N2OS2/c16-13(9-17-8-10-1-2-10)15(11-3-4-11)7-12-14-5-6-18-12/h5-6,10-11H,1-4,7-9H2. The summed E-state index contributed by atoms with van der Waals surface area (Å²) in [6, 6.07) is 0.489. The highest BCUT2D eigenvalue weighted by Gasteiger charge is 2.33. The smallest absolute Gasteiger partial charge is 0.233 e. The highest BCUT2D eigenvalue weighted by molar-refractivity contribution is 7.99. The Kier molecular flexibility index (Phi) is 3.89. The third-order valence-electron chi connectivity index (χ3n) is 3.37. The van der Waals surface area contributed by atoms with E-state index in [1.165, 1.54) is 31.4 Å². The number of thioether (sulfide) groups is 1. The minimum Gasteiger partial charge on any atom is -0.332 e. The van der Waals surface area contributed by atoms with Gasteiger partial charge in [-0.05, 0) is 37.4 Å². The molecule has 3 nitrogen and oxygen atoms in total. The van der Waals surface area contributed by atoms with Crippen molar-refractivity contribution in [3.8, 4) is 0 Å². The van der Waals surface area contributed by atoms with Gasteiger partial charge < -0.3 is 4.90 Å². The maximum absolute atomic E-state index is 12.2. The van der Waals surface area contributed by atoms with E-state index in [0.29, 0.717) is 24.2 Å². The van der Waals surface area contributed by atoms with E-state index in [-0.39, 0.29) is 0 Å². The molecule has 1 aromatic heterocycles. The second kappa shape index (κ2) is 5.61. The normalized spacial score (nSPS) is 18.9. The van der Waals surface area contributed by atoms with Gasteiger partial charge in [-0.2, -0.15) is 11.8 Å². The second-order valence-corrected chi connectivity index (χ2v) is 7.15. The average molecular weight is 282 g/mol. The van der Waals surface area contributed by atoms with Crippen LogP contribution < -0.4 is 0 Å². The Morgan fingerprint density at radius 2 is 2.28 bits per heavy atom. The summed E-state index contributed by atoms with van der Waals surface area (Å²) in [6.45, 7) is 0.713. The lowest BCUT2D eigenvalue weighted by atomic mass is 10.4. The molecule has 0 aliphatic heterocycles. The van der Waals surface area contributed by atoms with Crippen LogP contribution in [0.1, 0.15) is 30.7 Å². The molecule has 1 amide bonds. The van der Waals surface area contributed by atoms with Gasteiger partial charge in [-0.15, -0.1) is 11.3 Å². The fourth-order valence-corrected chi connectivity index (χ4v) is 3.70. The molecule has 2 aliphatic carbocycles. The van der Waals surface area contributed by atoms with Crippen molar-refractivity contribution in [3.05, 3.63) is 16.6 Å². The van der Waals surface area contributed by atoms with Gasteiger partial charge in [0.05, 0.1) is 12.3 Å². The van der Waals surface area contributed by atoms with Crippen molar-refractivity contribution >= 4 is 29.0 Å². The molecule has 2 fully saturated rings. The van der Waals surface area contributed by atoms with Gasteiger partial charge in [0.2, 0.25) is 5.91 Å². The fraction of sp³-hybridized carbons (Fsp3) is 0.692. The average Bonchev–Trinajstić information content (AvgIpc) is 3.28. The van der Waals surface area contributed by atoms with E-state index in [1.807, 2.05) is 28.2 Å². The van der Waals surface area contributed by atoms with Crippen LogP contribution in [0.15, 0.2) is 11.6 Å². The zero-order valence-corrected chi connectivity index (χ0v) is 12.0. The molecular weight excluding hydrogens is 264 g/mol. The van der Waals surface area contributed by atoms with Gasteiger partial charge in [0, 0.05) is 17.6 Å². The number of thiazole rings is 1. The molecule has 0 atom stereocenters. The summed E-state index contributed by atoms with van der Waals surface area (Å²) in [6.07, 6.45) is 6.89. The van der Waals surface area contributed by atoms with Gasteiger partial charge in [0.1, 0.15) is 5.01 Å². The molecule has 0 N–H and O–H groups in total. The molecule has 0 spiro atoms. The maximum Gasteiger partial charge on any atom is 0.233 e. The van der Waals surface area contributed by atoms with Crippen molar-refractivity contribution in [2.24, 2.45) is 5.92 Å². The molecule has 2 aliphatic rings. The molecule has 5 heteroatoms. The van der Waals surface area contributed by atoms with Gasteiger partial charge in [-0.1, -0.05) is 0 Å². The topological polar surface area (TPSA) is 33.2 Å². The maximum atomic E-state index is 12.2. The van der Waals surface area contributed by atoms with Gasteiger partial charge in [0.15, 0.2) is 0 Å². The highest BCUT2D eigenvalue weighted by Crippen LogP contribution is 2.33. The Bertz CT molecular complexity index is 399. The summed E-state index contributed by atoms with van der Waals surface area (Å²) in [4.78, 5) is 18.6. The van der Waals surface area contributed by atoms with Crippen LogP contribution in [0.2, 0.25) is 0 Å². The monoisotopic (exact) mass is 282 g/mol. The van der Waals surface area contributed by atoms with Crippen LogP contribution in [0, 0.1) is 5.92 Å². The predicted octanol–water partition coefficient (Wildman–Crippen LogP) is 2.78. The van der Waals surface area contributed by atoms with Crippen LogP contribution in [-0.4, -0.2) is 33.3 Å². The second-order valence-electron chi connectivity index (χ2n) is 5.14. The van der Waals surface area contributed by atoms with Crippen molar-refractivity contribution in [1.82, 2.24) is 9.88 Å². The first-order chi connectivity index (χ1) is 8.83. The fourth-order valence-electron chi connectivity index (χ4n) is 1.96. The van der Waals surface area contributed by atoms with Crippen LogP contribution in [-0.2, 0) is 11.3 Å². The number of nitrogens with zero attached hydrogens (tertiary/aromatic N) is 2. The van der Waals surface area contributed by atoms with Crippen molar-refractivity contribution in [2.75, 3.05) is 11.5 Å². The number of hydrogen-bond acceptors (Lipinski definition) is 4. The molecular formula is C13H18N2OS2. The largest absolute Gasteiger partial charge is 0.332 e. The SMILES string of the molecule is O=C(CSCC1CC1)N(Cc1nccs1)C1CC1. The van der Waals surface area contributed by atoms with Crippen LogP contribution in [0.25, 0.3) is 0 Å². The molecule has 0 unspecified atom stereocenters. The number of rotatable bonds is 7. The van der Waals surface area contributed by atoms with Crippen LogP contribution in [0.5, 0.6) is 0 Å². The summed E-state index contributed by atoms with van der Waals surface area (Å²) >= 11 is 3.45. The lowest BCUT2D eigenvalue weighted by Crippen LogP contribution is -2.34. The van der Waals surface area contributed by atoms with Crippen LogP contribution in [0.3, 0.4) is 0 Å². The molecule has 2 saturated carbocycles. The number of carbonyl (C=O) groups excluding carboxylic acids is 1. The van der Waals surface area contributed by atoms with E-state index in [1.54, 1.807) is 11.3 Å². The minimum absolute atomic E-state index is 0.304. The molecule has 0 radical (unpaired) electrons. The Morgan fingerprint density at radius 3 is 2.89 bits per heavy atom. The first-order valence-electron chi connectivity index (χ1n) is 6.58. The summed E-state index contributed by atoms with van der Waals surface area (Å²) in [5, 5.41) is 3.04. The molecule has 1 heterocycles. The third kappa shape index (κ3) is 3.48. The van der Waals surface area contributed by atoms with Gasteiger partial charge in [0.25, 0.3) is 0 Å². The molecule has 1 aromatic rings. The number of hydrogen-bond donors (Lipinski definition) is 0. The number of amides is 1. The third-order valence-corrected chi connectivity index (χ3v) is 5.30. The molecule has 0 aromatic carbocycles. The predicted molar refractivity (Wildman–Crippen MR) is 75.7 cm³/mol. The van der Waals surface area contributed by atoms with Crippen molar-refractivity contribution in [3.63, 3.8) is 0 Å². The zero-order valence-electron chi connectivity index (χ0n) is 10.4. The number of aromatic nitrogens is 1. The minimum atomic E-state index is 0.304. The summed E-state index contributed by atoms with van der Waals surface area (Å²) < 4.78 is 0. The van der Waals surface area contributed by atoms with Crippen molar-refractivity contribution in [1.29, 1.82) is 0 Å². The first-order valence-corrected chi connectivity index (χ1v) is 8.62. The van der Waals surface area contributed by atoms with E-state index < -0.39 is 0 Å². The molecule has 0 saturated heterocycles. The number of carbonyl (C=O) groups is 1. The van der Waals surface area contributed by atoms with Crippen molar-refractivity contribution < 1.29 is 4.79 Å². The van der Waals surface area contributed by atoms with E-state index in [4.69, 9.17) is 0 Å². The van der Waals surface area contributed by atoms with E-state index in [2.05, 4.69) is 4.98 Å². The Labute approximate surface area is 116 Å². The van der Waals surface area contributed by atoms with E-state index in [9.17, 15) is 4.79 Å². The van der Waals surface area contributed by atoms with Crippen molar-refractivity contribution in [2.45, 2.75) is 38.3 Å². The summed E-state index contributed by atoms with van der Waals surface area (Å²) in [5.74, 6) is 3.02. The van der Waals surface area contributed by atoms with Gasteiger partial charge in [-0.25, -0.2) is 4.98 Å². The molecule has 3 rings (SSSR count). The highest BCUT2D eigenvalue weighted by atomic mass is 32.2. The lowest BCUT2D eigenvalue weighted by molar-refractivity contribution is -0.129. The summed E-state index contributed by atoms with van der Waals surface area (Å²) in [7, 11) is 0. The van der Waals surface area contributed by atoms with Gasteiger partial charge >= 0.3 is 0 Å². The molecule has 0 bridgehead atoms. The van der Waals surface area contributed by atoms with Gasteiger partial charge in [-0.3, -0.25) is 4.79 Å². The van der Waals surface area contributed by atoms with E-state index >= 15 is 0 Å².